The first-order chi connectivity index (χ1) is 7.24. The lowest BCUT2D eigenvalue weighted by molar-refractivity contribution is 1.24. The maximum absolute atomic E-state index is 8.89. The Labute approximate surface area is 92.3 Å². The van der Waals surface area contributed by atoms with Gasteiger partial charge in [-0.1, -0.05) is 11.6 Å². The largest absolute Gasteiger partial charge is 0.356 e. The molecule has 0 radical (unpaired) electrons. The van der Waals surface area contributed by atoms with Gasteiger partial charge in [-0.15, -0.1) is 0 Å². The van der Waals surface area contributed by atoms with Crippen LogP contribution in [0.2, 0.25) is 5.02 Å². The molecule has 0 bridgehead atoms. The number of hydrogen-bond donors (Lipinski definition) is 1. The number of halogens is 1. The van der Waals surface area contributed by atoms with E-state index in [1.807, 2.05) is 19.1 Å². The predicted octanol–water partition coefficient (Wildman–Crippen LogP) is 2.91. The van der Waals surface area contributed by atoms with Gasteiger partial charge in [-0.05, 0) is 19.1 Å². The minimum absolute atomic E-state index is 0.461. The van der Waals surface area contributed by atoms with E-state index in [1.54, 1.807) is 12.4 Å². The Morgan fingerprint density at radius 3 is 2.87 bits per heavy atom. The van der Waals surface area contributed by atoms with Crippen LogP contribution in [0.25, 0.3) is 11.3 Å². The number of aromatic amines is 1. The second kappa shape index (κ2) is 3.76. The highest BCUT2D eigenvalue weighted by atomic mass is 35.5. The molecule has 2 heterocycles. The molecule has 0 amide bonds. The van der Waals surface area contributed by atoms with E-state index < -0.39 is 0 Å². The molecule has 0 aromatic carbocycles. The highest BCUT2D eigenvalue weighted by molar-refractivity contribution is 6.34. The number of rotatable bonds is 1. The molecule has 2 aromatic rings. The van der Waals surface area contributed by atoms with E-state index in [2.05, 4.69) is 16.0 Å². The zero-order valence-corrected chi connectivity index (χ0v) is 8.84. The van der Waals surface area contributed by atoms with Crippen molar-refractivity contribution in [1.82, 2.24) is 9.97 Å². The van der Waals surface area contributed by atoms with Crippen LogP contribution in [-0.4, -0.2) is 9.97 Å². The van der Waals surface area contributed by atoms with Crippen LogP contribution in [-0.2, 0) is 0 Å². The third-order valence-electron chi connectivity index (χ3n) is 2.19. The minimum atomic E-state index is 0.461. The SMILES string of the molecule is Cc1[nH]c(-c2cccnc2)c(Cl)c1C#N. The van der Waals surface area contributed by atoms with Gasteiger partial charge in [0.1, 0.15) is 6.07 Å². The summed E-state index contributed by atoms with van der Waals surface area (Å²) in [4.78, 5) is 7.09. The van der Waals surface area contributed by atoms with E-state index in [-0.39, 0.29) is 0 Å². The maximum Gasteiger partial charge on any atom is 0.103 e. The Hall–Kier alpha value is -1.79. The van der Waals surface area contributed by atoms with Gasteiger partial charge >= 0.3 is 0 Å². The minimum Gasteiger partial charge on any atom is -0.356 e. The van der Waals surface area contributed by atoms with E-state index >= 15 is 0 Å². The molecular formula is C11H8ClN3. The molecule has 0 aliphatic rings. The normalized spacial score (nSPS) is 9.93. The molecule has 0 fully saturated rings. The summed E-state index contributed by atoms with van der Waals surface area (Å²) in [6.45, 7) is 1.82. The fourth-order valence-corrected chi connectivity index (χ4v) is 1.78. The van der Waals surface area contributed by atoms with Crippen molar-refractivity contribution in [3.05, 3.63) is 40.8 Å². The topological polar surface area (TPSA) is 52.5 Å². The van der Waals surface area contributed by atoms with E-state index in [4.69, 9.17) is 16.9 Å². The Balaban J connectivity index is 2.62. The van der Waals surface area contributed by atoms with E-state index in [0.717, 1.165) is 17.0 Å². The van der Waals surface area contributed by atoms with Crippen LogP contribution in [0.1, 0.15) is 11.3 Å². The lowest BCUT2D eigenvalue weighted by atomic mass is 10.2. The molecule has 0 aliphatic carbocycles. The number of pyridine rings is 1. The summed E-state index contributed by atoms with van der Waals surface area (Å²) in [5.74, 6) is 0. The van der Waals surface area contributed by atoms with Crippen LogP contribution in [0.4, 0.5) is 0 Å². The van der Waals surface area contributed by atoms with Gasteiger partial charge in [-0.25, -0.2) is 0 Å². The molecule has 2 aromatic heterocycles. The van der Waals surface area contributed by atoms with Crippen LogP contribution >= 0.6 is 11.6 Å². The first kappa shape index (κ1) is 9.75. The Morgan fingerprint density at radius 2 is 2.33 bits per heavy atom. The molecule has 4 heteroatoms. The maximum atomic E-state index is 8.89. The van der Waals surface area contributed by atoms with Crippen LogP contribution < -0.4 is 0 Å². The third-order valence-corrected chi connectivity index (χ3v) is 2.57. The number of hydrogen-bond acceptors (Lipinski definition) is 2. The van der Waals surface area contributed by atoms with Gasteiger partial charge in [-0.3, -0.25) is 4.98 Å². The van der Waals surface area contributed by atoms with Crippen LogP contribution in [0.5, 0.6) is 0 Å². The van der Waals surface area contributed by atoms with E-state index in [9.17, 15) is 0 Å². The summed E-state index contributed by atoms with van der Waals surface area (Å²) in [6, 6.07) is 5.79. The Bertz CT molecular complexity index is 523. The number of nitrogens with zero attached hydrogens (tertiary/aromatic N) is 2. The van der Waals surface area contributed by atoms with Gasteiger partial charge in [0.05, 0.1) is 16.3 Å². The quantitative estimate of drug-likeness (QED) is 0.799. The van der Waals surface area contributed by atoms with Crippen molar-refractivity contribution in [2.24, 2.45) is 0 Å². The van der Waals surface area contributed by atoms with Crippen molar-refractivity contribution in [3.8, 4) is 17.3 Å². The molecule has 0 atom stereocenters. The highest BCUT2D eigenvalue weighted by Crippen LogP contribution is 2.31. The van der Waals surface area contributed by atoms with Gasteiger partial charge in [-0.2, -0.15) is 5.26 Å². The summed E-state index contributed by atoms with van der Waals surface area (Å²) in [5.41, 5.74) is 2.91. The summed E-state index contributed by atoms with van der Waals surface area (Å²) in [7, 11) is 0. The first-order valence-corrected chi connectivity index (χ1v) is 4.80. The molecule has 1 N–H and O–H groups in total. The monoisotopic (exact) mass is 217 g/mol. The highest BCUT2D eigenvalue weighted by Gasteiger charge is 2.13. The fourth-order valence-electron chi connectivity index (χ4n) is 1.44. The molecule has 74 valence electrons. The molecular weight excluding hydrogens is 210 g/mol. The van der Waals surface area contributed by atoms with Crippen molar-refractivity contribution >= 4 is 11.6 Å². The van der Waals surface area contributed by atoms with Gasteiger partial charge in [0.15, 0.2) is 0 Å². The zero-order valence-electron chi connectivity index (χ0n) is 8.08. The Morgan fingerprint density at radius 1 is 1.53 bits per heavy atom. The lowest BCUT2D eigenvalue weighted by Gasteiger charge is -1.96. The van der Waals surface area contributed by atoms with Crippen molar-refractivity contribution in [2.75, 3.05) is 0 Å². The van der Waals surface area contributed by atoms with Gasteiger partial charge < -0.3 is 4.98 Å². The molecule has 2 rings (SSSR count). The van der Waals surface area contributed by atoms with Crippen LogP contribution in [0.15, 0.2) is 24.5 Å². The van der Waals surface area contributed by atoms with Crippen molar-refractivity contribution in [2.45, 2.75) is 6.92 Å². The molecule has 0 saturated carbocycles. The molecule has 0 saturated heterocycles. The summed E-state index contributed by atoms with van der Waals surface area (Å²) in [5, 5.41) is 9.35. The second-order valence-electron chi connectivity index (χ2n) is 3.17. The number of aryl methyl sites for hydroxylation is 1. The first-order valence-electron chi connectivity index (χ1n) is 4.42. The van der Waals surface area contributed by atoms with Gasteiger partial charge in [0.25, 0.3) is 0 Å². The Kier molecular flexibility index (Phi) is 2.44. The number of nitrogens with one attached hydrogen (secondary N) is 1. The third kappa shape index (κ3) is 1.60. The summed E-state index contributed by atoms with van der Waals surface area (Å²) < 4.78 is 0. The second-order valence-corrected chi connectivity index (χ2v) is 3.55. The van der Waals surface area contributed by atoms with E-state index in [1.165, 1.54) is 0 Å². The molecule has 3 nitrogen and oxygen atoms in total. The van der Waals surface area contributed by atoms with Crippen molar-refractivity contribution in [1.29, 1.82) is 5.26 Å². The number of aromatic nitrogens is 2. The average molecular weight is 218 g/mol. The average Bonchev–Trinajstić information content (AvgIpc) is 2.55. The number of H-pyrrole nitrogens is 1. The summed E-state index contributed by atoms with van der Waals surface area (Å²) >= 11 is 6.08. The van der Waals surface area contributed by atoms with Crippen molar-refractivity contribution in [3.63, 3.8) is 0 Å². The molecule has 0 unspecified atom stereocenters. The van der Waals surface area contributed by atoms with E-state index in [0.29, 0.717) is 10.6 Å². The smallest absolute Gasteiger partial charge is 0.103 e. The zero-order chi connectivity index (χ0) is 10.8. The van der Waals surface area contributed by atoms with Crippen LogP contribution in [0, 0.1) is 18.3 Å². The predicted molar refractivity (Wildman–Crippen MR) is 58.5 cm³/mol. The molecule has 0 aliphatic heterocycles. The fraction of sp³-hybridized carbons (Fsp3) is 0.0909. The van der Waals surface area contributed by atoms with Crippen LogP contribution in [0.3, 0.4) is 0 Å². The molecule has 0 spiro atoms. The van der Waals surface area contributed by atoms with Gasteiger partial charge in [0, 0.05) is 23.7 Å². The lowest BCUT2D eigenvalue weighted by Crippen LogP contribution is -1.79. The van der Waals surface area contributed by atoms with Crippen molar-refractivity contribution < 1.29 is 0 Å². The summed E-state index contributed by atoms with van der Waals surface area (Å²) in [6.07, 6.45) is 3.40. The standard InChI is InChI=1S/C11H8ClN3/c1-7-9(5-13)10(12)11(15-7)8-3-2-4-14-6-8/h2-4,6,15H,1H3. The molecule has 15 heavy (non-hydrogen) atoms. The van der Waals surface area contributed by atoms with Gasteiger partial charge in [0.2, 0.25) is 0 Å². The number of nitriles is 1.